The molecule has 0 aliphatic carbocycles. The van der Waals surface area contributed by atoms with Crippen molar-refractivity contribution in [3.8, 4) is 0 Å². The summed E-state index contributed by atoms with van der Waals surface area (Å²) in [5.74, 6) is -0.289. The first kappa shape index (κ1) is 13.2. The highest BCUT2D eigenvalue weighted by Crippen LogP contribution is 2.29. The molecule has 0 fully saturated rings. The third-order valence-corrected chi connectivity index (χ3v) is 3.25. The van der Waals surface area contributed by atoms with Gasteiger partial charge in [-0.15, -0.1) is 0 Å². The summed E-state index contributed by atoms with van der Waals surface area (Å²) < 4.78 is 13.5. The van der Waals surface area contributed by atoms with Gasteiger partial charge in [0.1, 0.15) is 5.82 Å². The van der Waals surface area contributed by atoms with E-state index in [9.17, 15) is 4.39 Å². The van der Waals surface area contributed by atoms with Crippen LogP contribution < -0.4 is 5.32 Å². The van der Waals surface area contributed by atoms with Gasteiger partial charge in [0.25, 0.3) is 0 Å². The second-order valence-electron chi connectivity index (χ2n) is 4.01. The first-order valence-electron chi connectivity index (χ1n) is 5.54. The minimum atomic E-state index is -0.289. The van der Waals surface area contributed by atoms with E-state index < -0.39 is 0 Å². The number of anilines is 1. The second-order valence-corrected chi connectivity index (χ2v) is 4.86. The average molecular weight is 284 g/mol. The number of halogens is 3. The van der Waals surface area contributed by atoms with Crippen molar-refractivity contribution in [1.29, 1.82) is 0 Å². The van der Waals surface area contributed by atoms with Crippen molar-refractivity contribution in [1.82, 2.24) is 0 Å². The molecule has 0 aliphatic rings. The molecule has 2 aromatic carbocycles. The SMILES string of the molecule is CC(Nc1ccccc1F)c1cc(Cl)ccc1Cl. The molecule has 2 aromatic rings. The van der Waals surface area contributed by atoms with Crippen molar-refractivity contribution < 1.29 is 4.39 Å². The fourth-order valence-corrected chi connectivity index (χ4v) is 2.20. The predicted octanol–water partition coefficient (Wildman–Crippen LogP) is 5.31. The Labute approximate surface area is 116 Å². The molecular formula is C14H12Cl2FN. The number of para-hydroxylation sites is 1. The van der Waals surface area contributed by atoms with Crippen LogP contribution in [0.15, 0.2) is 42.5 Å². The zero-order chi connectivity index (χ0) is 13.1. The number of rotatable bonds is 3. The van der Waals surface area contributed by atoms with Crippen molar-refractivity contribution >= 4 is 28.9 Å². The van der Waals surface area contributed by atoms with Gasteiger partial charge in [0.2, 0.25) is 0 Å². The highest BCUT2D eigenvalue weighted by Gasteiger charge is 2.11. The lowest BCUT2D eigenvalue weighted by molar-refractivity contribution is 0.627. The molecule has 18 heavy (non-hydrogen) atoms. The number of hydrogen-bond acceptors (Lipinski definition) is 1. The maximum absolute atomic E-state index is 13.5. The van der Waals surface area contributed by atoms with Gasteiger partial charge in [0.15, 0.2) is 0 Å². The van der Waals surface area contributed by atoms with E-state index in [1.165, 1.54) is 6.07 Å². The summed E-state index contributed by atoms with van der Waals surface area (Å²) in [6.07, 6.45) is 0. The Hall–Kier alpha value is -1.25. The van der Waals surface area contributed by atoms with Crippen LogP contribution in [0.5, 0.6) is 0 Å². The van der Waals surface area contributed by atoms with Crippen LogP contribution in [0.1, 0.15) is 18.5 Å². The minimum absolute atomic E-state index is 0.131. The Morgan fingerprint density at radius 3 is 2.56 bits per heavy atom. The second kappa shape index (κ2) is 5.59. The lowest BCUT2D eigenvalue weighted by atomic mass is 10.1. The molecule has 0 aromatic heterocycles. The van der Waals surface area contributed by atoms with Gasteiger partial charge in [-0.1, -0.05) is 35.3 Å². The molecular weight excluding hydrogens is 272 g/mol. The number of benzene rings is 2. The summed E-state index contributed by atoms with van der Waals surface area (Å²) in [7, 11) is 0. The highest BCUT2D eigenvalue weighted by molar-refractivity contribution is 6.33. The zero-order valence-corrected chi connectivity index (χ0v) is 11.3. The standard InChI is InChI=1S/C14H12Cl2FN/c1-9(11-8-10(15)6-7-12(11)16)18-14-5-3-2-4-13(14)17/h2-9,18H,1H3. The van der Waals surface area contributed by atoms with Gasteiger partial charge < -0.3 is 5.32 Å². The van der Waals surface area contributed by atoms with Gasteiger partial charge in [0, 0.05) is 10.0 Å². The first-order chi connectivity index (χ1) is 8.58. The molecule has 94 valence electrons. The maximum Gasteiger partial charge on any atom is 0.146 e. The Balaban J connectivity index is 2.25. The molecule has 0 radical (unpaired) electrons. The van der Waals surface area contributed by atoms with E-state index in [4.69, 9.17) is 23.2 Å². The molecule has 0 amide bonds. The van der Waals surface area contributed by atoms with Crippen molar-refractivity contribution in [3.63, 3.8) is 0 Å². The van der Waals surface area contributed by atoms with Gasteiger partial charge in [0.05, 0.1) is 11.7 Å². The summed E-state index contributed by atoms with van der Waals surface area (Å²) >= 11 is 12.0. The smallest absolute Gasteiger partial charge is 0.146 e. The van der Waals surface area contributed by atoms with Crippen LogP contribution in [0.4, 0.5) is 10.1 Å². The monoisotopic (exact) mass is 283 g/mol. The highest BCUT2D eigenvalue weighted by atomic mass is 35.5. The first-order valence-corrected chi connectivity index (χ1v) is 6.29. The molecule has 1 nitrogen and oxygen atoms in total. The van der Waals surface area contributed by atoms with E-state index in [1.807, 2.05) is 6.92 Å². The Morgan fingerprint density at radius 1 is 1.11 bits per heavy atom. The topological polar surface area (TPSA) is 12.0 Å². The van der Waals surface area contributed by atoms with E-state index in [1.54, 1.807) is 36.4 Å². The molecule has 0 bridgehead atoms. The van der Waals surface area contributed by atoms with Gasteiger partial charge in [-0.05, 0) is 42.8 Å². The molecule has 1 atom stereocenters. The molecule has 0 spiro atoms. The minimum Gasteiger partial charge on any atom is -0.376 e. The van der Waals surface area contributed by atoms with Crippen LogP contribution in [0.3, 0.4) is 0 Å². The summed E-state index contributed by atoms with van der Waals surface area (Å²) in [5.41, 5.74) is 1.29. The molecule has 0 heterocycles. The Bertz CT molecular complexity index is 557. The normalized spacial score (nSPS) is 12.2. The van der Waals surface area contributed by atoms with Crippen molar-refractivity contribution in [2.75, 3.05) is 5.32 Å². The van der Waals surface area contributed by atoms with E-state index in [-0.39, 0.29) is 11.9 Å². The van der Waals surface area contributed by atoms with Gasteiger partial charge in [-0.2, -0.15) is 0 Å². The fraction of sp³-hybridized carbons (Fsp3) is 0.143. The van der Waals surface area contributed by atoms with Crippen molar-refractivity contribution in [2.24, 2.45) is 0 Å². The van der Waals surface area contributed by atoms with Crippen molar-refractivity contribution in [3.05, 3.63) is 63.9 Å². The van der Waals surface area contributed by atoms with E-state index in [2.05, 4.69) is 5.32 Å². The zero-order valence-electron chi connectivity index (χ0n) is 9.75. The van der Waals surface area contributed by atoms with Crippen LogP contribution in [-0.4, -0.2) is 0 Å². The lowest BCUT2D eigenvalue weighted by Crippen LogP contribution is -2.08. The van der Waals surface area contributed by atoms with Gasteiger partial charge in [-0.3, -0.25) is 0 Å². The largest absolute Gasteiger partial charge is 0.376 e. The van der Waals surface area contributed by atoms with Crippen molar-refractivity contribution in [2.45, 2.75) is 13.0 Å². The Morgan fingerprint density at radius 2 is 1.83 bits per heavy atom. The maximum atomic E-state index is 13.5. The van der Waals surface area contributed by atoms with Crippen LogP contribution in [0.2, 0.25) is 10.0 Å². The quantitative estimate of drug-likeness (QED) is 0.805. The molecule has 0 aliphatic heterocycles. The van der Waals surface area contributed by atoms with E-state index >= 15 is 0 Å². The third-order valence-electron chi connectivity index (χ3n) is 2.67. The number of hydrogen-bond donors (Lipinski definition) is 1. The third kappa shape index (κ3) is 2.95. The molecule has 1 N–H and O–H groups in total. The van der Waals surface area contributed by atoms with Gasteiger partial charge >= 0.3 is 0 Å². The van der Waals surface area contributed by atoms with Crippen LogP contribution in [0.25, 0.3) is 0 Å². The summed E-state index contributed by atoms with van der Waals surface area (Å²) in [6.45, 7) is 1.91. The summed E-state index contributed by atoms with van der Waals surface area (Å²) in [5, 5.41) is 4.29. The van der Waals surface area contributed by atoms with Crippen LogP contribution >= 0.6 is 23.2 Å². The molecule has 0 saturated carbocycles. The van der Waals surface area contributed by atoms with E-state index in [0.29, 0.717) is 15.7 Å². The lowest BCUT2D eigenvalue weighted by Gasteiger charge is -2.17. The predicted molar refractivity (Wildman–Crippen MR) is 74.9 cm³/mol. The molecule has 4 heteroatoms. The van der Waals surface area contributed by atoms with Crippen LogP contribution in [-0.2, 0) is 0 Å². The molecule has 0 saturated heterocycles. The van der Waals surface area contributed by atoms with Gasteiger partial charge in [-0.25, -0.2) is 4.39 Å². The fourth-order valence-electron chi connectivity index (χ4n) is 1.74. The van der Waals surface area contributed by atoms with E-state index in [0.717, 1.165) is 5.56 Å². The van der Waals surface area contributed by atoms with Crippen LogP contribution in [0, 0.1) is 5.82 Å². The molecule has 2 rings (SSSR count). The molecule has 1 unspecified atom stereocenters. The average Bonchev–Trinajstić information content (AvgIpc) is 2.35. The summed E-state index contributed by atoms with van der Waals surface area (Å²) in [4.78, 5) is 0. The Kier molecular flexibility index (Phi) is 4.10. The summed E-state index contributed by atoms with van der Waals surface area (Å²) in [6, 6.07) is 11.6. The number of nitrogens with one attached hydrogen (secondary N) is 1.